The van der Waals surface area contributed by atoms with Crippen LogP contribution in [-0.4, -0.2) is 29.6 Å². The van der Waals surface area contributed by atoms with Crippen LogP contribution in [0.25, 0.3) is 0 Å². The van der Waals surface area contributed by atoms with E-state index in [1.807, 2.05) is 0 Å². The summed E-state index contributed by atoms with van der Waals surface area (Å²) < 4.78 is 0. The second-order valence-corrected chi connectivity index (χ2v) is 5.45. The van der Waals surface area contributed by atoms with Crippen LogP contribution in [0.4, 0.5) is 0 Å². The van der Waals surface area contributed by atoms with Gasteiger partial charge >= 0.3 is 0 Å². The van der Waals surface area contributed by atoms with Crippen molar-refractivity contribution in [3.05, 3.63) is 0 Å². The Hall–Kier alpha value is -0.0800. The van der Waals surface area contributed by atoms with E-state index in [0.717, 1.165) is 6.54 Å². The van der Waals surface area contributed by atoms with E-state index in [1.54, 1.807) is 0 Å². The molecule has 0 aromatic heterocycles. The molecule has 1 unspecified atom stereocenters. The maximum Gasteiger partial charge on any atom is 0.0306 e. The van der Waals surface area contributed by atoms with Crippen LogP contribution < -0.4 is 5.73 Å². The summed E-state index contributed by atoms with van der Waals surface area (Å²) in [5.74, 6) is 0. The first-order valence-corrected chi connectivity index (χ1v) is 6.98. The molecule has 0 aliphatic heterocycles. The normalized spacial score (nSPS) is 15.8. The van der Waals surface area contributed by atoms with Crippen molar-refractivity contribution in [2.45, 2.75) is 78.3 Å². The fourth-order valence-electron chi connectivity index (χ4n) is 2.59. The first kappa shape index (κ1) is 15.9. The molecule has 0 fully saturated rings. The third-order valence-electron chi connectivity index (χ3n) is 3.55. The van der Waals surface area contributed by atoms with E-state index in [9.17, 15) is 0 Å². The molecule has 0 spiro atoms. The molecule has 0 amide bonds. The van der Waals surface area contributed by atoms with Crippen LogP contribution in [-0.2, 0) is 0 Å². The molecule has 0 aliphatic rings. The summed E-state index contributed by atoms with van der Waals surface area (Å²) in [5.41, 5.74) is 6.19. The van der Waals surface area contributed by atoms with Gasteiger partial charge in [0, 0.05) is 18.1 Å². The van der Waals surface area contributed by atoms with E-state index in [1.165, 1.54) is 38.6 Å². The van der Waals surface area contributed by atoms with Crippen LogP contribution in [0, 0.1) is 0 Å². The minimum absolute atomic E-state index is 0.191. The summed E-state index contributed by atoms with van der Waals surface area (Å²) in [4.78, 5) is 2.60. The van der Waals surface area contributed by atoms with E-state index in [2.05, 4.69) is 39.5 Å². The Kier molecular flexibility index (Phi) is 8.04. The predicted molar refractivity (Wildman–Crippen MR) is 73.7 cm³/mol. The number of unbranched alkanes of at least 4 members (excludes halogenated alkanes) is 2. The Bertz CT molecular complexity index is 168. The van der Waals surface area contributed by atoms with E-state index in [-0.39, 0.29) is 5.54 Å². The molecule has 0 saturated heterocycles. The highest BCUT2D eigenvalue weighted by molar-refractivity contribution is 4.88. The van der Waals surface area contributed by atoms with Crippen molar-refractivity contribution in [2.24, 2.45) is 5.73 Å². The Morgan fingerprint density at radius 2 is 1.75 bits per heavy atom. The lowest BCUT2D eigenvalue weighted by atomic mass is 9.92. The molecule has 0 radical (unpaired) electrons. The molecule has 0 bridgehead atoms. The second kappa shape index (κ2) is 8.08. The summed E-state index contributed by atoms with van der Waals surface area (Å²) in [6.07, 6.45) is 6.33. The van der Waals surface area contributed by atoms with Crippen molar-refractivity contribution in [1.82, 2.24) is 4.90 Å². The Labute approximate surface area is 103 Å². The minimum Gasteiger partial charge on any atom is -0.329 e. The molecule has 0 aromatic rings. The van der Waals surface area contributed by atoms with Gasteiger partial charge < -0.3 is 5.73 Å². The van der Waals surface area contributed by atoms with Gasteiger partial charge in [0.25, 0.3) is 0 Å². The van der Waals surface area contributed by atoms with Gasteiger partial charge in [-0.05, 0) is 40.2 Å². The first-order valence-electron chi connectivity index (χ1n) is 6.98. The second-order valence-electron chi connectivity index (χ2n) is 5.45. The fourth-order valence-corrected chi connectivity index (χ4v) is 2.59. The lowest BCUT2D eigenvalue weighted by Crippen LogP contribution is -2.54. The zero-order valence-corrected chi connectivity index (χ0v) is 12.1. The molecule has 0 rings (SSSR count). The number of nitrogens with zero attached hydrogens (tertiary/aromatic N) is 1. The molecule has 0 aromatic carbocycles. The highest BCUT2D eigenvalue weighted by atomic mass is 15.2. The van der Waals surface area contributed by atoms with E-state index < -0.39 is 0 Å². The molecule has 0 aliphatic carbocycles. The van der Waals surface area contributed by atoms with Crippen LogP contribution in [0.1, 0.15) is 66.7 Å². The molecular formula is C14H32N2. The molecular weight excluding hydrogens is 196 g/mol. The van der Waals surface area contributed by atoms with Gasteiger partial charge in [-0.15, -0.1) is 0 Å². The maximum absolute atomic E-state index is 5.99. The zero-order valence-electron chi connectivity index (χ0n) is 12.1. The van der Waals surface area contributed by atoms with Crippen LogP contribution >= 0.6 is 0 Å². The standard InChI is InChI=1S/C14H32N2/c1-6-8-9-11-16(13(3)4)14(5,12-15)10-7-2/h13H,6-12,15H2,1-5H3. The van der Waals surface area contributed by atoms with E-state index in [0.29, 0.717) is 6.04 Å². The van der Waals surface area contributed by atoms with Crippen molar-refractivity contribution in [3.8, 4) is 0 Å². The van der Waals surface area contributed by atoms with Crippen LogP contribution in [0.5, 0.6) is 0 Å². The summed E-state index contributed by atoms with van der Waals surface area (Å²) >= 11 is 0. The topological polar surface area (TPSA) is 29.3 Å². The van der Waals surface area contributed by atoms with E-state index in [4.69, 9.17) is 5.73 Å². The van der Waals surface area contributed by atoms with Crippen molar-refractivity contribution < 1.29 is 0 Å². The van der Waals surface area contributed by atoms with Gasteiger partial charge in [-0.2, -0.15) is 0 Å². The highest BCUT2D eigenvalue weighted by Crippen LogP contribution is 2.23. The monoisotopic (exact) mass is 228 g/mol. The maximum atomic E-state index is 5.99. The van der Waals surface area contributed by atoms with Gasteiger partial charge in [-0.1, -0.05) is 33.1 Å². The van der Waals surface area contributed by atoms with Crippen molar-refractivity contribution in [1.29, 1.82) is 0 Å². The molecule has 2 nitrogen and oxygen atoms in total. The molecule has 16 heavy (non-hydrogen) atoms. The third-order valence-corrected chi connectivity index (χ3v) is 3.55. The van der Waals surface area contributed by atoms with Gasteiger partial charge in [0.2, 0.25) is 0 Å². The summed E-state index contributed by atoms with van der Waals surface area (Å²) in [7, 11) is 0. The van der Waals surface area contributed by atoms with E-state index >= 15 is 0 Å². The third kappa shape index (κ3) is 4.84. The minimum atomic E-state index is 0.191. The van der Waals surface area contributed by atoms with Gasteiger partial charge in [-0.25, -0.2) is 0 Å². The van der Waals surface area contributed by atoms with Crippen LogP contribution in [0.15, 0.2) is 0 Å². The zero-order chi connectivity index (χ0) is 12.6. The van der Waals surface area contributed by atoms with Crippen molar-refractivity contribution in [3.63, 3.8) is 0 Å². The number of rotatable bonds is 9. The molecule has 2 N–H and O–H groups in total. The Morgan fingerprint density at radius 3 is 2.12 bits per heavy atom. The molecule has 98 valence electrons. The predicted octanol–water partition coefficient (Wildman–Crippen LogP) is 3.40. The smallest absolute Gasteiger partial charge is 0.0306 e. The average Bonchev–Trinajstić information content (AvgIpc) is 2.24. The SMILES string of the molecule is CCCCCN(C(C)C)C(C)(CN)CCC. The van der Waals surface area contributed by atoms with Crippen molar-refractivity contribution in [2.75, 3.05) is 13.1 Å². The van der Waals surface area contributed by atoms with Gasteiger partial charge in [0.15, 0.2) is 0 Å². The van der Waals surface area contributed by atoms with Gasteiger partial charge in [0.1, 0.15) is 0 Å². The number of hydrogen-bond donors (Lipinski definition) is 1. The molecule has 0 heterocycles. The number of nitrogens with two attached hydrogens (primary N) is 1. The average molecular weight is 228 g/mol. The summed E-state index contributed by atoms with van der Waals surface area (Å²) in [5, 5.41) is 0. The number of hydrogen-bond acceptors (Lipinski definition) is 2. The lowest BCUT2D eigenvalue weighted by molar-refractivity contribution is 0.0657. The van der Waals surface area contributed by atoms with Gasteiger partial charge in [-0.3, -0.25) is 4.90 Å². The fraction of sp³-hybridized carbons (Fsp3) is 1.00. The summed E-state index contributed by atoms with van der Waals surface area (Å²) in [6.45, 7) is 13.4. The summed E-state index contributed by atoms with van der Waals surface area (Å²) in [6, 6.07) is 0.594. The quantitative estimate of drug-likeness (QED) is 0.613. The molecule has 0 saturated carbocycles. The van der Waals surface area contributed by atoms with Crippen LogP contribution in [0.3, 0.4) is 0 Å². The molecule has 2 heteroatoms. The van der Waals surface area contributed by atoms with Crippen molar-refractivity contribution >= 4 is 0 Å². The first-order chi connectivity index (χ1) is 7.51. The lowest BCUT2D eigenvalue weighted by Gasteiger charge is -2.43. The van der Waals surface area contributed by atoms with Crippen LogP contribution in [0.2, 0.25) is 0 Å². The van der Waals surface area contributed by atoms with Gasteiger partial charge in [0.05, 0.1) is 0 Å². The Balaban J connectivity index is 4.46. The Morgan fingerprint density at radius 1 is 1.12 bits per heavy atom. The molecule has 1 atom stereocenters. The largest absolute Gasteiger partial charge is 0.329 e. The highest BCUT2D eigenvalue weighted by Gasteiger charge is 2.30.